The fraction of sp³-hybridized carbons (Fsp3) is 0.286. The lowest BCUT2D eigenvalue weighted by Crippen LogP contribution is -2.40. The molecule has 0 aliphatic carbocycles. The monoisotopic (exact) mass is 293 g/mol. The summed E-state index contributed by atoms with van der Waals surface area (Å²) in [7, 11) is 0. The van der Waals surface area contributed by atoms with E-state index in [1.54, 1.807) is 12.1 Å². The molecule has 1 aromatic carbocycles. The summed E-state index contributed by atoms with van der Waals surface area (Å²) in [5, 5.41) is 9.91. The first-order valence-corrected chi connectivity index (χ1v) is 7.11. The third-order valence-corrected chi connectivity index (χ3v) is 4.58. The van der Waals surface area contributed by atoms with Crippen molar-refractivity contribution in [3.05, 3.63) is 35.0 Å². The number of amides is 1. The smallest absolute Gasteiger partial charge is 0.326 e. The lowest BCUT2D eigenvalue weighted by Gasteiger charge is -2.20. The molecule has 3 rings (SSSR count). The van der Waals surface area contributed by atoms with E-state index in [9.17, 15) is 14.0 Å². The Morgan fingerprint density at radius 3 is 2.90 bits per heavy atom. The highest BCUT2D eigenvalue weighted by atomic mass is 32.1. The van der Waals surface area contributed by atoms with Gasteiger partial charge in [-0.2, -0.15) is 0 Å². The van der Waals surface area contributed by atoms with Crippen molar-refractivity contribution in [2.24, 2.45) is 0 Å². The number of thiophene rings is 1. The highest BCUT2D eigenvalue weighted by molar-refractivity contribution is 7.20. The van der Waals surface area contributed by atoms with Crippen LogP contribution in [0.25, 0.3) is 10.1 Å². The van der Waals surface area contributed by atoms with Gasteiger partial charge >= 0.3 is 5.97 Å². The minimum Gasteiger partial charge on any atom is -0.480 e. The van der Waals surface area contributed by atoms with Gasteiger partial charge < -0.3 is 10.0 Å². The van der Waals surface area contributed by atoms with E-state index in [4.69, 9.17) is 5.11 Å². The number of carbonyl (C=O) groups is 2. The van der Waals surface area contributed by atoms with Crippen molar-refractivity contribution in [1.82, 2.24) is 4.90 Å². The van der Waals surface area contributed by atoms with Gasteiger partial charge in [0.05, 0.1) is 4.88 Å². The molecule has 4 nitrogen and oxygen atoms in total. The second kappa shape index (κ2) is 4.86. The van der Waals surface area contributed by atoms with Gasteiger partial charge in [0.25, 0.3) is 5.91 Å². The maximum Gasteiger partial charge on any atom is 0.326 e. The molecular weight excluding hydrogens is 281 g/mol. The molecule has 2 heterocycles. The molecule has 1 N–H and O–H groups in total. The second-order valence-corrected chi connectivity index (χ2v) is 5.87. The van der Waals surface area contributed by atoms with E-state index in [0.717, 1.165) is 5.39 Å². The van der Waals surface area contributed by atoms with Crippen molar-refractivity contribution >= 4 is 33.3 Å². The van der Waals surface area contributed by atoms with Gasteiger partial charge in [-0.05, 0) is 36.4 Å². The predicted molar refractivity (Wildman–Crippen MR) is 73.5 cm³/mol. The SMILES string of the molecule is O=C(O)C1CCCN1C(=O)c1cc2ccc(F)cc2s1. The van der Waals surface area contributed by atoms with Crippen LogP contribution in [0.3, 0.4) is 0 Å². The Labute approximate surface area is 118 Å². The van der Waals surface area contributed by atoms with E-state index >= 15 is 0 Å². The first kappa shape index (κ1) is 13.1. The summed E-state index contributed by atoms with van der Waals surface area (Å²) in [5.41, 5.74) is 0. The largest absolute Gasteiger partial charge is 0.480 e. The third kappa shape index (κ3) is 2.16. The summed E-state index contributed by atoms with van der Waals surface area (Å²) in [6.45, 7) is 0.457. The Bertz CT molecular complexity index is 697. The van der Waals surface area contributed by atoms with Crippen molar-refractivity contribution in [2.45, 2.75) is 18.9 Å². The van der Waals surface area contributed by atoms with Gasteiger partial charge in [0.15, 0.2) is 0 Å². The van der Waals surface area contributed by atoms with E-state index < -0.39 is 12.0 Å². The molecule has 2 aromatic rings. The van der Waals surface area contributed by atoms with Crippen LogP contribution in [0.2, 0.25) is 0 Å². The zero-order valence-electron chi connectivity index (χ0n) is 10.5. The van der Waals surface area contributed by atoms with Gasteiger partial charge in [-0.3, -0.25) is 4.79 Å². The minimum atomic E-state index is -0.969. The Hall–Kier alpha value is -1.95. The average molecular weight is 293 g/mol. The minimum absolute atomic E-state index is 0.281. The van der Waals surface area contributed by atoms with Crippen LogP contribution in [0.15, 0.2) is 24.3 Å². The average Bonchev–Trinajstić information content (AvgIpc) is 3.03. The normalized spacial score (nSPS) is 18.6. The molecule has 0 radical (unpaired) electrons. The summed E-state index contributed by atoms with van der Waals surface area (Å²) in [6, 6.07) is 5.30. The summed E-state index contributed by atoms with van der Waals surface area (Å²) >= 11 is 1.20. The highest BCUT2D eigenvalue weighted by Gasteiger charge is 2.34. The molecule has 1 saturated heterocycles. The van der Waals surface area contributed by atoms with Crippen LogP contribution in [-0.4, -0.2) is 34.5 Å². The van der Waals surface area contributed by atoms with Gasteiger partial charge in [0, 0.05) is 11.2 Å². The zero-order valence-corrected chi connectivity index (χ0v) is 11.3. The number of carboxylic acids is 1. The van der Waals surface area contributed by atoms with E-state index in [-0.39, 0.29) is 11.7 Å². The number of fused-ring (bicyclic) bond motifs is 1. The molecule has 6 heteroatoms. The number of nitrogens with zero attached hydrogens (tertiary/aromatic N) is 1. The molecule has 1 atom stereocenters. The van der Waals surface area contributed by atoms with Crippen molar-refractivity contribution in [2.75, 3.05) is 6.54 Å². The molecule has 20 heavy (non-hydrogen) atoms. The van der Waals surface area contributed by atoms with Gasteiger partial charge in [-0.15, -0.1) is 11.3 Å². The molecule has 104 valence electrons. The summed E-state index contributed by atoms with van der Waals surface area (Å²) in [5.74, 6) is -1.59. The van der Waals surface area contributed by atoms with Crippen LogP contribution < -0.4 is 0 Å². The summed E-state index contributed by atoms with van der Waals surface area (Å²) in [6.07, 6.45) is 1.18. The van der Waals surface area contributed by atoms with Gasteiger partial charge in [0.2, 0.25) is 0 Å². The standard InChI is InChI=1S/C14H12FNO3S/c15-9-4-3-8-6-12(20-11(8)7-9)13(17)16-5-1-2-10(16)14(18)19/h3-4,6-7,10H,1-2,5H2,(H,18,19). The van der Waals surface area contributed by atoms with E-state index in [0.29, 0.717) is 29.0 Å². The molecule has 1 aromatic heterocycles. The maximum atomic E-state index is 13.1. The van der Waals surface area contributed by atoms with E-state index in [1.165, 1.54) is 28.4 Å². The van der Waals surface area contributed by atoms with Gasteiger partial charge in [-0.25, -0.2) is 9.18 Å². The molecule has 0 saturated carbocycles. The van der Waals surface area contributed by atoms with Crippen molar-refractivity contribution in [3.63, 3.8) is 0 Å². The van der Waals surface area contributed by atoms with Crippen molar-refractivity contribution in [1.29, 1.82) is 0 Å². The molecule has 1 aliphatic rings. The molecule has 1 amide bonds. The summed E-state index contributed by atoms with van der Waals surface area (Å²) < 4.78 is 13.8. The van der Waals surface area contributed by atoms with E-state index in [2.05, 4.69) is 0 Å². The number of carbonyl (C=O) groups excluding carboxylic acids is 1. The van der Waals surface area contributed by atoms with Crippen molar-refractivity contribution < 1.29 is 19.1 Å². The van der Waals surface area contributed by atoms with Crippen LogP contribution in [0.4, 0.5) is 4.39 Å². The van der Waals surface area contributed by atoms with Crippen LogP contribution in [0.5, 0.6) is 0 Å². The Morgan fingerprint density at radius 1 is 1.35 bits per heavy atom. The van der Waals surface area contributed by atoms with Gasteiger partial charge in [-0.1, -0.05) is 6.07 Å². The number of benzene rings is 1. The maximum absolute atomic E-state index is 13.1. The molecular formula is C14H12FNO3S. The Morgan fingerprint density at radius 2 is 2.15 bits per heavy atom. The first-order chi connectivity index (χ1) is 9.56. The first-order valence-electron chi connectivity index (χ1n) is 6.29. The fourth-order valence-electron chi connectivity index (χ4n) is 2.52. The molecule has 0 spiro atoms. The Balaban J connectivity index is 1.94. The van der Waals surface area contributed by atoms with Crippen LogP contribution >= 0.6 is 11.3 Å². The lowest BCUT2D eigenvalue weighted by atomic mass is 10.2. The number of hydrogen-bond acceptors (Lipinski definition) is 3. The van der Waals surface area contributed by atoms with Crippen LogP contribution in [0.1, 0.15) is 22.5 Å². The summed E-state index contributed by atoms with van der Waals surface area (Å²) in [4.78, 5) is 25.4. The number of hydrogen-bond donors (Lipinski definition) is 1. The predicted octanol–water partition coefficient (Wildman–Crippen LogP) is 2.73. The Kier molecular flexibility index (Phi) is 3.17. The van der Waals surface area contributed by atoms with Crippen LogP contribution in [-0.2, 0) is 4.79 Å². The molecule has 0 bridgehead atoms. The second-order valence-electron chi connectivity index (χ2n) is 4.79. The number of halogens is 1. The number of carboxylic acid groups (broad SMARTS) is 1. The fourth-order valence-corrected chi connectivity index (χ4v) is 3.56. The number of aliphatic carboxylic acids is 1. The van der Waals surface area contributed by atoms with Crippen LogP contribution in [0, 0.1) is 5.82 Å². The van der Waals surface area contributed by atoms with Crippen molar-refractivity contribution in [3.8, 4) is 0 Å². The lowest BCUT2D eigenvalue weighted by molar-refractivity contribution is -0.141. The number of likely N-dealkylation sites (tertiary alicyclic amines) is 1. The highest BCUT2D eigenvalue weighted by Crippen LogP contribution is 2.29. The zero-order chi connectivity index (χ0) is 14.3. The topological polar surface area (TPSA) is 57.6 Å². The third-order valence-electron chi connectivity index (χ3n) is 3.49. The number of rotatable bonds is 2. The quantitative estimate of drug-likeness (QED) is 0.926. The molecule has 1 fully saturated rings. The molecule has 1 unspecified atom stereocenters. The van der Waals surface area contributed by atoms with Gasteiger partial charge in [0.1, 0.15) is 11.9 Å². The molecule has 1 aliphatic heterocycles. The van der Waals surface area contributed by atoms with E-state index in [1.807, 2.05) is 0 Å².